The first kappa shape index (κ1) is 24.6. The third-order valence-corrected chi connectivity index (χ3v) is 17.2. The molecule has 1 unspecified atom stereocenters. The van der Waals surface area contributed by atoms with Gasteiger partial charge in [0.1, 0.15) is 0 Å². The van der Waals surface area contributed by atoms with E-state index in [4.69, 9.17) is 0 Å². The van der Waals surface area contributed by atoms with Crippen LogP contribution in [0.15, 0.2) is 73.4 Å². The van der Waals surface area contributed by atoms with Crippen molar-refractivity contribution >= 4 is 22.2 Å². The van der Waals surface area contributed by atoms with Crippen molar-refractivity contribution in [3.63, 3.8) is 0 Å². The first-order valence-electron chi connectivity index (χ1n) is 11.3. The van der Waals surface area contributed by atoms with Crippen molar-refractivity contribution < 1.29 is 24.7 Å². The van der Waals surface area contributed by atoms with Gasteiger partial charge in [0, 0.05) is 0 Å². The molecule has 0 heterocycles. The van der Waals surface area contributed by atoms with Crippen LogP contribution in [0.25, 0.3) is 17.2 Å². The fourth-order valence-corrected chi connectivity index (χ4v) is 9.30. The average molecular weight is 521 g/mol. The Bertz CT molecular complexity index is 1070. The molecule has 1 atom stereocenters. The van der Waals surface area contributed by atoms with Gasteiger partial charge in [-0.3, -0.25) is 0 Å². The quantitative estimate of drug-likeness (QED) is 0.273. The van der Waals surface area contributed by atoms with E-state index in [1.54, 1.807) is 44.0 Å². The second kappa shape index (κ2) is 9.08. The van der Waals surface area contributed by atoms with Crippen LogP contribution in [-0.4, -0.2) is 16.1 Å². The van der Waals surface area contributed by atoms with Crippen LogP contribution in [0.5, 0.6) is 0 Å². The monoisotopic (exact) mass is 519 g/mol. The van der Waals surface area contributed by atoms with E-state index in [1.165, 1.54) is 27.8 Å². The predicted molar refractivity (Wildman–Crippen MR) is 140 cm³/mol. The van der Waals surface area contributed by atoms with Gasteiger partial charge in [0.15, 0.2) is 0 Å². The number of fused-ring (bicyclic) bond motifs is 1. The van der Waals surface area contributed by atoms with E-state index in [0.717, 1.165) is 0 Å². The van der Waals surface area contributed by atoms with Gasteiger partial charge in [0.05, 0.1) is 0 Å². The van der Waals surface area contributed by atoms with Crippen LogP contribution in [0.1, 0.15) is 37.8 Å². The summed E-state index contributed by atoms with van der Waals surface area (Å²) >= 11 is 1.60. The van der Waals surface area contributed by atoms with Crippen molar-refractivity contribution in [3.05, 3.63) is 84.5 Å². The van der Waals surface area contributed by atoms with Gasteiger partial charge in [-0.2, -0.15) is 0 Å². The number of allylic oxidation sites excluding steroid dienone is 4. The number of hydrogen-bond donors (Lipinski definition) is 0. The molecule has 0 aliphatic heterocycles. The van der Waals surface area contributed by atoms with Gasteiger partial charge in [-0.1, -0.05) is 0 Å². The molecule has 0 nitrogen and oxygen atoms in total. The zero-order chi connectivity index (χ0) is 23.1. The van der Waals surface area contributed by atoms with E-state index in [0.29, 0.717) is 5.92 Å². The molecular formula is C28H37Si2Zr. The average Bonchev–Trinajstić information content (AvgIpc) is 3.01. The fraction of sp³-hybridized carbons (Fsp3) is 0.357. The maximum absolute atomic E-state index is 2.53. The van der Waals surface area contributed by atoms with Crippen LogP contribution in [-0.2, 0) is 24.7 Å². The molecule has 0 spiro atoms. The maximum atomic E-state index is 2.53. The summed E-state index contributed by atoms with van der Waals surface area (Å²) in [6, 6.07) is 17.8. The molecule has 1 aliphatic rings. The van der Waals surface area contributed by atoms with Gasteiger partial charge in [-0.15, -0.1) is 0 Å². The van der Waals surface area contributed by atoms with Gasteiger partial charge in [-0.25, -0.2) is 0 Å². The number of benzene rings is 2. The van der Waals surface area contributed by atoms with E-state index in [9.17, 15) is 0 Å². The van der Waals surface area contributed by atoms with Gasteiger partial charge in [0.25, 0.3) is 0 Å². The van der Waals surface area contributed by atoms with Crippen LogP contribution in [0.4, 0.5) is 0 Å². The summed E-state index contributed by atoms with van der Waals surface area (Å²) in [5.41, 5.74) is 10.3. The zero-order valence-corrected chi connectivity index (χ0v) is 25.2. The summed E-state index contributed by atoms with van der Waals surface area (Å²) in [5.74, 6) is 0.422. The first-order valence-corrected chi connectivity index (χ1v) is 19.6. The van der Waals surface area contributed by atoms with Gasteiger partial charge >= 0.3 is 209 Å². The molecule has 0 fully saturated rings. The Balaban J connectivity index is 2.26. The molecule has 0 bridgehead atoms. The summed E-state index contributed by atoms with van der Waals surface area (Å²) in [4.78, 5) is 0. The van der Waals surface area contributed by atoms with Crippen molar-refractivity contribution in [2.75, 3.05) is 0 Å². The molecule has 161 valence electrons. The molecule has 0 saturated heterocycles. The van der Waals surface area contributed by atoms with E-state index >= 15 is 0 Å². The predicted octanol–water partition coefficient (Wildman–Crippen LogP) is 8.75. The van der Waals surface area contributed by atoms with Crippen molar-refractivity contribution in [2.24, 2.45) is 0 Å². The van der Waals surface area contributed by atoms with Crippen molar-refractivity contribution in [1.82, 2.24) is 0 Å². The SMILES string of the molecule is CC1=Cc2c(-c3ccccc3)cccc2C1C(=C(C)C(C)=[C]([Zr])[Si](C)(C)C)[Si](C)(C)C. The summed E-state index contributed by atoms with van der Waals surface area (Å²) in [6.45, 7) is 22.2. The molecule has 0 N–H and O–H groups in total. The van der Waals surface area contributed by atoms with Crippen LogP contribution in [0.2, 0.25) is 39.3 Å². The normalized spacial score (nSPS) is 18.2. The van der Waals surface area contributed by atoms with Crippen LogP contribution < -0.4 is 0 Å². The minimum atomic E-state index is -1.56. The Morgan fingerprint density at radius 2 is 1.39 bits per heavy atom. The third kappa shape index (κ3) is 4.99. The molecule has 0 aromatic heterocycles. The Labute approximate surface area is 207 Å². The summed E-state index contributed by atoms with van der Waals surface area (Å²) in [5, 5.41) is 1.72. The molecule has 0 saturated carbocycles. The second-order valence-electron chi connectivity index (χ2n) is 11.0. The summed E-state index contributed by atoms with van der Waals surface area (Å²) in [6.07, 6.45) is 2.46. The molecule has 3 rings (SSSR count). The standard InChI is InChI=1S/C28H37Si2.Zr/c1-20-18-26-24(23-14-11-10-12-15-23)16-13-17-25(26)27(20)28(30(7,8)9)22(3)21(2)19-29(4,5)6;/h10-18,27H,1-9H3;. The Morgan fingerprint density at radius 3 is 1.94 bits per heavy atom. The number of hydrogen-bond acceptors (Lipinski definition) is 0. The van der Waals surface area contributed by atoms with E-state index in [2.05, 4.69) is 115 Å². The first-order chi connectivity index (χ1) is 14.3. The molecule has 3 heteroatoms. The topological polar surface area (TPSA) is 0 Å². The minimum absolute atomic E-state index is 0.422. The molecule has 1 aliphatic carbocycles. The third-order valence-electron chi connectivity index (χ3n) is 6.55. The van der Waals surface area contributed by atoms with Gasteiger partial charge in [0.2, 0.25) is 0 Å². The van der Waals surface area contributed by atoms with Gasteiger partial charge < -0.3 is 0 Å². The molecule has 0 amide bonds. The number of rotatable bonds is 5. The second-order valence-corrected chi connectivity index (χ2v) is 23.5. The molecule has 31 heavy (non-hydrogen) atoms. The zero-order valence-electron chi connectivity index (χ0n) is 20.8. The van der Waals surface area contributed by atoms with Crippen LogP contribution in [0.3, 0.4) is 0 Å². The van der Waals surface area contributed by atoms with Crippen molar-refractivity contribution in [3.8, 4) is 11.1 Å². The molecule has 2 aromatic rings. The Kier molecular flexibility index (Phi) is 7.21. The van der Waals surface area contributed by atoms with E-state index < -0.39 is 16.1 Å². The van der Waals surface area contributed by atoms with E-state index in [1.807, 2.05) is 0 Å². The van der Waals surface area contributed by atoms with Crippen molar-refractivity contribution in [2.45, 2.75) is 66.0 Å². The molecular weight excluding hydrogens is 484 g/mol. The fourth-order valence-electron chi connectivity index (χ4n) is 4.97. The summed E-state index contributed by atoms with van der Waals surface area (Å²) in [7, 11) is -2.85. The van der Waals surface area contributed by atoms with Crippen LogP contribution in [0, 0.1) is 0 Å². The summed E-state index contributed by atoms with van der Waals surface area (Å²) < 4.78 is 1.73. The van der Waals surface area contributed by atoms with E-state index in [-0.39, 0.29) is 0 Å². The molecule has 2 aromatic carbocycles. The van der Waals surface area contributed by atoms with Gasteiger partial charge in [-0.05, 0) is 0 Å². The Morgan fingerprint density at radius 1 is 0.774 bits per heavy atom. The Hall–Kier alpha value is -1.02. The molecule has 0 radical (unpaired) electrons. The van der Waals surface area contributed by atoms with Crippen LogP contribution >= 0.6 is 0 Å². The van der Waals surface area contributed by atoms with Crippen molar-refractivity contribution in [1.29, 1.82) is 0 Å².